The fourth-order valence-corrected chi connectivity index (χ4v) is 6.73. The van der Waals surface area contributed by atoms with E-state index < -0.39 is 0 Å². The molecule has 5 unspecified atom stereocenters. The summed E-state index contributed by atoms with van der Waals surface area (Å²) in [5.74, 6) is 1.15. The zero-order chi connectivity index (χ0) is 20.0. The predicted octanol–water partition coefficient (Wildman–Crippen LogP) is 4.19. The van der Waals surface area contributed by atoms with Crippen molar-refractivity contribution in [1.29, 1.82) is 0 Å². The molecule has 5 heteroatoms. The second kappa shape index (κ2) is 7.43. The molecule has 0 aromatic rings. The summed E-state index contributed by atoms with van der Waals surface area (Å²) in [7, 11) is 6.01. The minimum atomic E-state index is -0.388. The Morgan fingerprint density at radius 2 is 1.93 bits per heavy atom. The van der Waals surface area contributed by atoms with Crippen LogP contribution in [0.3, 0.4) is 0 Å². The van der Waals surface area contributed by atoms with Gasteiger partial charge < -0.3 is 14.5 Å². The zero-order valence-corrected chi connectivity index (χ0v) is 18.9. The van der Waals surface area contributed by atoms with E-state index in [2.05, 4.69) is 42.4 Å². The number of carbonyl (C=O) groups excluding carboxylic acids is 1. The Morgan fingerprint density at radius 3 is 2.48 bits per heavy atom. The van der Waals surface area contributed by atoms with E-state index in [0.29, 0.717) is 11.8 Å². The molecule has 3 aliphatic rings. The van der Waals surface area contributed by atoms with Crippen LogP contribution in [0.1, 0.15) is 65.7 Å². The number of hydrogen-bond donors (Lipinski definition) is 1. The highest BCUT2D eigenvalue weighted by Gasteiger charge is 2.57. The monoisotopic (exact) mass is 395 g/mol. The summed E-state index contributed by atoms with van der Waals surface area (Å²) in [6, 6.07) is 0. The lowest BCUT2D eigenvalue weighted by molar-refractivity contribution is -0.136. The van der Waals surface area contributed by atoms with Crippen molar-refractivity contribution in [1.82, 2.24) is 4.90 Å². The maximum absolute atomic E-state index is 12.7. The molecule has 1 amide bonds. The van der Waals surface area contributed by atoms with Crippen LogP contribution in [0.25, 0.3) is 0 Å². The molecule has 0 radical (unpaired) electrons. The summed E-state index contributed by atoms with van der Waals surface area (Å²) in [6.07, 6.45) is 11.5. The van der Waals surface area contributed by atoms with Crippen LogP contribution in [0.15, 0.2) is 12.2 Å². The van der Waals surface area contributed by atoms with Gasteiger partial charge in [-0.15, -0.1) is 0 Å². The number of rotatable bonds is 6. The van der Waals surface area contributed by atoms with E-state index in [0.717, 1.165) is 32.1 Å². The minimum Gasteiger partial charge on any atom is -0.393 e. The molecule has 3 saturated carbocycles. The third kappa shape index (κ3) is 3.63. The molecule has 3 fully saturated rings. The van der Waals surface area contributed by atoms with Gasteiger partial charge in [-0.05, 0) is 61.2 Å². The van der Waals surface area contributed by atoms with Gasteiger partial charge in [0.05, 0.1) is 17.6 Å². The lowest BCUT2D eigenvalue weighted by Crippen LogP contribution is -2.43. The SMILES string of the molecule is CN(C)C(=O)C1(C(C=CC(C)(C)C2CCC3C(O)CCC[C@@]32C)OP)CC1. The number of aliphatic hydroxyl groups is 1. The van der Waals surface area contributed by atoms with Gasteiger partial charge in [0.25, 0.3) is 0 Å². The van der Waals surface area contributed by atoms with Gasteiger partial charge in [0.15, 0.2) is 0 Å². The molecule has 0 aliphatic heterocycles. The molecule has 27 heavy (non-hydrogen) atoms. The second-order valence-corrected chi connectivity index (χ2v) is 10.6. The van der Waals surface area contributed by atoms with Gasteiger partial charge in [0.1, 0.15) is 0 Å². The lowest BCUT2D eigenvalue weighted by atomic mass is 9.58. The van der Waals surface area contributed by atoms with Gasteiger partial charge in [-0.25, -0.2) is 0 Å². The van der Waals surface area contributed by atoms with Crippen molar-refractivity contribution in [2.24, 2.45) is 28.1 Å². The fourth-order valence-electron chi connectivity index (χ4n) is 6.38. The average molecular weight is 396 g/mol. The maximum atomic E-state index is 12.7. The molecule has 0 saturated heterocycles. The molecule has 0 aromatic heterocycles. The van der Waals surface area contributed by atoms with Gasteiger partial charge in [-0.3, -0.25) is 4.79 Å². The first-order valence-electron chi connectivity index (χ1n) is 10.5. The number of nitrogens with zero attached hydrogens (tertiary/aromatic N) is 1. The maximum Gasteiger partial charge on any atom is 0.231 e. The molecule has 154 valence electrons. The van der Waals surface area contributed by atoms with Crippen molar-refractivity contribution >= 4 is 15.4 Å². The van der Waals surface area contributed by atoms with E-state index in [4.69, 9.17) is 4.52 Å². The minimum absolute atomic E-state index is 0.0131. The summed E-state index contributed by atoms with van der Waals surface area (Å²) in [4.78, 5) is 14.3. The first kappa shape index (κ1) is 21.3. The number of carbonyl (C=O) groups is 1. The number of hydrogen-bond acceptors (Lipinski definition) is 3. The lowest BCUT2D eigenvalue weighted by Gasteiger charge is -2.48. The normalized spacial score (nSPS) is 36.5. The number of aliphatic hydroxyl groups excluding tert-OH is 1. The molecule has 0 aromatic carbocycles. The molecule has 6 atom stereocenters. The molecule has 4 nitrogen and oxygen atoms in total. The average Bonchev–Trinajstić information content (AvgIpc) is 3.30. The summed E-state index contributed by atoms with van der Waals surface area (Å²) in [5.41, 5.74) is -0.167. The van der Waals surface area contributed by atoms with Crippen molar-refractivity contribution in [3.05, 3.63) is 12.2 Å². The Labute approximate surface area is 167 Å². The molecule has 3 aliphatic carbocycles. The summed E-state index contributed by atoms with van der Waals surface area (Å²) in [6.45, 7) is 7.03. The summed E-state index contributed by atoms with van der Waals surface area (Å²) in [5, 5.41) is 10.5. The Balaban J connectivity index is 1.78. The highest BCUT2D eigenvalue weighted by Crippen LogP contribution is 2.61. The Hall–Kier alpha value is -0.440. The zero-order valence-electron chi connectivity index (χ0n) is 17.7. The van der Waals surface area contributed by atoms with Crippen LogP contribution in [0, 0.1) is 28.1 Å². The highest BCUT2D eigenvalue weighted by atomic mass is 31.0. The fraction of sp³-hybridized carbons (Fsp3) is 0.864. The van der Waals surface area contributed by atoms with Gasteiger partial charge in [-0.1, -0.05) is 39.3 Å². The molecule has 0 bridgehead atoms. The highest BCUT2D eigenvalue weighted by molar-refractivity contribution is 7.09. The van der Waals surface area contributed by atoms with Crippen molar-refractivity contribution < 1.29 is 14.4 Å². The summed E-state index contributed by atoms with van der Waals surface area (Å²) < 4.78 is 5.70. The van der Waals surface area contributed by atoms with Crippen LogP contribution < -0.4 is 0 Å². The van der Waals surface area contributed by atoms with Gasteiger partial charge in [0, 0.05) is 23.6 Å². The van der Waals surface area contributed by atoms with Crippen molar-refractivity contribution in [2.45, 2.75) is 77.9 Å². The van der Waals surface area contributed by atoms with Crippen LogP contribution in [-0.4, -0.2) is 42.2 Å². The molecular formula is C22H38NO3P. The Morgan fingerprint density at radius 1 is 1.26 bits per heavy atom. The molecule has 3 rings (SSSR count). The first-order chi connectivity index (χ1) is 12.6. The van der Waals surface area contributed by atoms with Gasteiger partial charge in [-0.2, -0.15) is 0 Å². The molecular weight excluding hydrogens is 357 g/mol. The second-order valence-electron chi connectivity index (χ2n) is 10.3. The van der Waals surface area contributed by atoms with Crippen molar-refractivity contribution in [2.75, 3.05) is 14.1 Å². The number of allylic oxidation sites excluding steroid dienone is 1. The standard InChI is InChI=1S/C22H38NO3P/c1-20(2,17-9-8-15-16(24)7-6-11-21(15,17)3)12-10-18(26-27)22(13-14-22)19(25)23(4)5/h10,12,15-18,24H,6-9,11,13-14,27H2,1-5H3/t15?,16?,17?,18?,21-/m0/s1. The van der Waals surface area contributed by atoms with E-state index in [1.807, 2.05) is 14.1 Å². The molecule has 0 spiro atoms. The van der Waals surface area contributed by atoms with Crippen LogP contribution in [0.4, 0.5) is 0 Å². The number of amides is 1. The van der Waals surface area contributed by atoms with E-state index in [9.17, 15) is 9.90 Å². The quantitative estimate of drug-likeness (QED) is 0.542. The largest absolute Gasteiger partial charge is 0.393 e. The van der Waals surface area contributed by atoms with Gasteiger partial charge in [0.2, 0.25) is 5.91 Å². The van der Waals surface area contributed by atoms with E-state index in [1.165, 1.54) is 12.8 Å². The predicted molar refractivity (Wildman–Crippen MR) is 112 cm³/mol. The van der Waals surface area contributed by atoms with E-state index >= 15 is 0 Å². The van der Waals surface area contributed by atoms with Crippen LogP contribution in [0.5, 0.6) is 0 Å². The van der Waals surface area contributed by atoms with E-state index in [1.54, 1.807) is 4.90 Å². The van der Waals surface area contributed by atoms with Crippen molar-refractivity contribution in [3.63, 3.8) is 0 Å². The topological polar surface area (TPSA) is 49.8 Å². The summed E-state index contributed by atoms with van der Waals surface area (Å²) >= 11 is 0. The Kier molecular flexibility index (Phi) is 5.85. The van der Waals surface area contributed by atoms with Crippen LogP contribution >= 0.6 is 9.47 Å². The Bertz CT molecular complexity index is 598. The third-order valence-electron chi connectivity index (χ3n) is 8.00. The first-order valence-corrected chi connectivity index (χ1v) is 11.0. The number of fused-ring (bicyclic) bond motifs is 1. The van der Waals surface area contributed by atoms with Gasteiger partial charge >= 0.3 is 0 Å². The third-order valence-corrected chi connectivity index (χ3v) is 8.29. The smallest absolute Gasteiger partial charge is 0.231 e. The van der Waals surface area contributed by atoms with Crippen LogP contribution in [0.2, 0.25) is 0 Å². The molecule has 0 heterocycles. The van der Waals surface area contributed by atoms with Crippen molar-refractivity contribution in [3.8, 4) is 0 Å². The molecule has 1 N–H and O–H groups in total. The van der Waals surface area contributed by atoms with Crippen LogP contribution in [-0.2, 0) is 9.32 Å². The van der Waals surface area contributed by atoms with E-state index in [-0.39, 0.29) is 34.4 Å².